The van der Waals surface area contributed by atoms with E-state index in [9.17, 15) is 4.79 Å². The fourth-order valence-electron chi connectivity index (χ4n) is 1.42. The van der Waals surface area contributed by atoms with Crippen LogP contribution in [0.25, 0.3) is 0 Å². The van der Waals surface area contributed by atoms with Gasteiger partial charge in [0, 0.05) is 11.8 Å². The van der Waals surface area contributed by atoms with Gasteiger partial charge in [-0.05, 0) is 47.5 Å². The van der Waals surface area contributed by atoms with Crippen LogP contribution in [0, 0.1) is 0 Å². The van der Waals surface area contributed by atoms with Crippen LogP contribution in [-0.2, 0) is 10.5 Å². The molecular weight excluding hydrogens is 314 g/mol. The van der Waals surface area contributed by atoms with E-state index in [-0.39, 0.29) is 11.9 Å². The highest BCUT2D eigenvalue weighted by molar-refractivity contribution is 9.10. The van der Waals surface area contributed by atoms with Crippen molar-refractivity contribution in [3.8, 4) is 5.75 Å². The Labute approximate surface area is 121 Å². The van der Waals surface area contributed by atoms with Gasteiger partial charge < -0.3 is 10.1 Å². The molecule has 1 aromatic rings. The van der Waals surface area contributed by atoms with Crippen molar-refractivity contribution in [3.63, 3.8) is 0 Å². The normalized spacial score (nSPS) is 10.5. The lowest BCUT2D eigenvalue weighted by atomic mass is 10.2. The zero-order valence-corrected chi connectivity index (χ0v) is 13.2. The van der Waals surface area contributed by atoms with Gasteiger partial charge in [0.25, 0.3) is 0 Å². The molecule has 1 N–H and O–H groups in total. The lowest BCUT2D eigenvalue weighted by molar-refractivity contribution is -0.119. The smallest absolute Gasteiger partial charge is 0.230 e. The quantitative estimate of drug-likeness (QED) is 0.869. The van der Waals surface area contributed by atoms with Crippen LogP contribution in [0.3, 0.4) is 0 Å². The molecule has 0 bridgehead atoms. The molecule has 1 rings (SSSR count). The molecular formula is C13H18BrNO2S. The zero-order chi connectivity index (χ0) is 13.5. The number of benzene rings is 1. The van der Waals surface area contributed by atoms with Crippen molar-refractivity contribution >= 4 is 33.6 Å². The number of amides is 1. The Kier molecular flexibility index (Phi) is 6.57. The Balaban J connectivity index is 2.40. The third kappa shape index (κ3) is 5.31. The van der Waals surface area contributed by atoms with Gasteiger partial charge in [-0.25, -0.2) is 0 Å². The van der Waals surface area contributed by atoms with Crippen molar-refractivity contribution in [2.24, 2.45) is 0 Å². The Morgan fingerprint density at radius 1 is 1.50 bits per heavy atom. The van der Waals surface area contributed by atoms with Gasteiger partial charge in [0.15, 0.2) is 0 Å². The summed E-state index contributed by atoms with van der Waals surface area (Å²) in [6.07, 6.45) is 0. The second-order valence-corrected chi connectivity index (χ2v) is 6.02. The van der Waals surface area contributed by atoms with E-state index in [1.54, 1.807) is 18.9 Å². The molecule has 5 heteroatoms. The van der Waals surface area contributed by atoms with Gasteiger partial charge in [-0.2, -0.15) is 0 Å². The Morgan fingerprint density at radius 3 is 2.78 bits per heavy atom. The molecule has 0 spiro atoms. The molecule has 0 fully saturated rings. The van der Waals surface area contributed by atoms with Crippen LogP contribution >= 0.6 is 27.7 Å². The average Bonchev–Trinajstić information content (AvgIpc) is 2.28. The summed E-state index contributed by atoms with van der Waals surface area (Å²) in [7, 11) is 1.64. The summed E-state index contributed by atoms with van der Waals surface area (Å²) in [4.78, 5) is 11.4. The predicted molar refractivity (Wildman–Crippen MR) is 80.1 cm³/mol. The summed E-state index contributed by atoms with van der Waals surface area (Å²) in [5.41, 5.74) is 1.17. The second kappa shape index (κ2) is 7.69. The lowest BCUT2D eigenvalue weighted by Gasteiger charge is -2.08. The SMILES string of the molecule is COc1ccc(CSCC(=O)NC(C)C)cc1Br. The third-order valence-corrected chi connectivity index (χ3v) is 3.79. The first-order chi connectivity index (χ1) is 8.52. The van der Waals surface area contributed by atoms with Crippen LogP contribution in [0.2, 0.25) is 0 Å². The molecule has 0 saturated carbocycles. The Morgan fingerprint density at radius 2 is 2.22 bits per heavy atom. The summed E-state index contributed by atoms with van der Waals surface area (Å²) in [6.45, 7) is 3.92. The Bertz CT molecular complexity index is 410. The van der Waals surface area contributed by atoms with Gasteiger partial charge in [0.2, 0.25) is 5.91 Å². The van der Waals surface area contributed by atoms with E-state index in [0.717, 1.165) is 16.0 Å². The molecule has 1 aromatic carbocycles. The maximum atomic E-state index is 11.4. The van der Waals surface area contributed by atoms with Crippen molar-refractivity contribution < 1.29 is 9.53 Å². The summed E-state index contributed by atoms with van der Waals surface area (Å²) in [5.74, 6) is 2.21. The van der Waals surface area contributed by atoms with Crippen molar-refractivity contribution in [1.82, 2.24) is 5.32 Å². The first kappa shape index (κ1) is 15.4. The van der Waals surface area contributed by atoms with Crippen molar-refractivity contribution in [1.29, 1.82) is 0 Å². The summed E-state index contributed by atoms with van der Waals surface area (Å²) in [6, 6.07) is 6.16. The molecule has 0 aliphatic heterocycles. The van der Waals surface area contributed by atoms with Crippen LogP contribution in [0.4, 0.5) is 0 Å². The molecule has 0 aliphatic rings. The molecule has 0 radical (unpaired) electrons. The number of rotatable bonds is 6. The highest BCUT2D eigenvalue weighted by atomic mass is 79.9. The molecule has 0 unspecified atom stereocenters. The van der Waals surface area contributed by atoms with Crippen LogP contribution < -0.4 is 10.1 Å². The van der Waals surface area contributed by atoms with Gasteiger partial charge in [-0.15, -0.1) is 11.8 Å². The first-order valence-corrected chi connectivity index (χ1v) is 7.67. The third-order valence-electron chi connectivity index (χ3n) is 2.17. The largest absolute Gasteiger partial charge is 0.496 e. The first-order valence-electron chi connectivity index (χ1n) is 5.72. The second-order valence-electron chi connectivity index (χ2n) is 4.18. The van der Waals surface area contributed by atoms with Gasteiger partial charge in [-0.3, -0.25) is 4.79 Å². The molecule has 0 aromatic heterocycles. The van der Waals surface area contributed by atoms with Crippen molar-refractivity contribution in [3.05, 3.63) is 28.2 Å². The predicted octanol–water partition coefficient (Wildman–Crippen LogP) is 3.22. The van der Waals surface area contributed by atoms with Gasteiger partial charge >= 0.3 is 0 Å². The van der Waals surface area contributed by atoms with Crippen LogP contribution in [0.5, 0.6) is 5.75 Å². The maximum Gasteiger partial charge on any atom is 0.230 e. The molecule has 0 aliphatic carbocycles. The number of thioether (sulfide) groups is 1. The number of halogens is 1. The van der Waals surface area contributed by atoms with E-state index in [4.69, 9.17) is 4.74 Å². The minimum absolute atomic E-state index is 0.0857. The van der Waals surface area contributed by atoms with Gasteiger partial charge in [0.1, 0.15) is 5.75 Å². The number of ether oxygens (including phenoxy) is 1. The fraction of sp³-hybridized carbons (Fsp3) is 0.462. The molecule has 0 heterocycles. The van der Waals surface area contributed by atoms with E-state index < -0.39 is 0 Å². The van der Waals surface area contributed by atoms with Gasteiger partial charge in [-0.1, -0.05) is 6.07 Å². The van der Waals surface area contributed by atoms with E-state index in [1.807, 2.05) is 32.0 Å². The molecule has 100 valence electrons. The molecule has 1 amide bonds. The van der Waals surface area contributed by atoms with Gasteiger partial charge in [0.05, 0.1) is 17.3 Å². The zero-order valence-electron chi connectivity index (χ0n) is 10.8. The van der Waals surface area contributed by atoms with Crippen molar-refractivity contribution in [2.45, 2.75) is 25.6 Å². The summed E-state index contributed by atoms with van der Waals surface area (Å²) < 4.78 is 6.11. The summed E-state index contributed by atoms with van der Waals surface area (Å²) >= 11 is 5.05. The van der Waals surface area contributed by atoms with E-state index in [0.29, 0.717) is 5.75 Å². The Hall–Kier alpha value is -0.680. The molecule has 18 heavy (non-hydrogen) atoms. The number of methoxy groups -OCH3 is 1. The standard InChI is InChI=1S/C13H18BrNO2S/c1-9(2)15-13(16)8-18-7-10-4-5-12(17-3)11(14)6-10/h4-6,9H,7-8H2,1-3H3,(H,15,16). The number of hydrogen-bond acceptors (Lipinski definition) is 3. The fourth-order valence-corrected chi connectivity index (χ4v) is 2.80. The molecule has 3 nitrogen and oxygen atoms in total. The van der Waals surface area contributed by atoms with Crippen LogP contribution in [0.1, 0.15) is 19.4 Å². The minimum Gasteiger partial charge on any atom is -0.496 e. The summed E-state index contributed by atoms with van der Waals surface area (Å²) in [5, 5.41) is 2.87. The van der Waals surface area contributed by atoms with E-state index >= 15 is 0 Å². The number of carbonyl (C=O) groups excluding carboxylic acids is 1. The highest BCUT2D eigenvalue weighted by Gasteiger charge is 2.05. The number of hydrogen-bond donors (Lipinski definition) is 1. The maximum absolute atomic E-state index is 11.4. The molecule has 0 atom stereocenters. The van der Waals surface area contributed by atoms with E-state index in [2.05, 4.69) is 21.2 Å². The molecule has 0 saturated heterocycles. The number of carbonyl (C=O) groups is 1. The lowest BCUT2D eigenvalue weighted by Crippen LogP contribution is -2.31. The van der Waals surface area contributed by atoms with Crippen LogP contribution in [0.15, 0.2) is 22.7 Å². The average molecular weight is 332 g/mol. The highest BCUT2D eigenvalue weighted by Crippen LogP contribution is 2.27. The van der Waals surface area contributed by atoms with Crippen molar-refractivity contribution in [2.75, 3.05) is 12.9 Å². The monoisotopic (exact) mass is 331 g/mol. The van der Waals surface area contributed by atoms with Crippen LogP contribution in [-0.4, -0.2) is 24.8 Å². The minimum atomic E-state index is 0.0857. The number of nitrogens with one attached hydrogen (secondary N) is 1. The topological polar surface area (TPSA) is 38.3 Å². The van der Waals surface area contributed by atoms with E-state index in [1.165, 1.54) is 5.56 Å².